The largest absolute Gasteiger partial charge is 0.456 e. The zero-order valence-electron chi connectivity index (χ0n) is 36.0. The number of benzene rings is 12. The van der Waals surface area contributed by atoms with Crippen LogP contribution >= 0.6 is 0 Å². The molecule has 13 rings (SSSR count). The van der Waals surface area contributed by atoms with Crippen LogP contribution in [0.2, 0.25) is 0 Å². The van der Waals surface area contributed by atoms with Gasteiger partial charge >= 0.3 is 0 Å². The molecule has 0 unspecified atom stereocenters. The van der Waals surface area contributed by atoms with Gasteiger partial charge in [0.15, 0.2) is 0 Å². The van der Waals surface area contributed by atoms with E-state index in [4.69, 9.17) is 4.42 Å². The lowest BCUT2D eigenvalue weighted by atomic mass is 9.93. The first-order valence-corrected chi connectivity index (χ1v) is 22.6. The second kappa shape index (κ2) is 15.5. The van der Waals surface area contributed by atoms with E-state index in [0.29, 0.717) is 0 Å². The number of nitrogens with zero attached hydrogens (tertiary/aromatic N) is 1. The van der Waals surface area contributed by atoms with E-state index in [1.807, 2.05) is 12.1 Å². The van der Waals surface area contributed by atoms with Crippen LogP contribution in [0, 0.1) is 0 Å². The van der Waals surface area contributed by atoms with Crippen molar-refractivity contribution in [2.75, 3.05) is 4.90 Å². The standard InChI is InChI=1S/C64H41NO/c1-3-20-54-44(13-1)36-37-59-55(23-10-25-58(54)59)45-30-28-42(29-31-45)47-14-7-17-51(38-47)65(53-19-9-16-50(40-53)57-24-11-27-63-64(57)60-22-5-6-26-62(60)66-63)52-18-8-15-48(39-52)49-35-34-46-33-32-43-12-2-4-21-56(43)61(46)41-49/h1-41H. The van der Waals surface area contributed by atoms with Crippen molar-refractivity contribution in [2.24, 2.45) is 0 Å². The first-order chi connectivity index (χ1) is 32.7. The summed E-state index contributed by atoms with van der Waals surface area (Å²) in [5, 5.41) is 12.3. The molecule has 0 aliphatic carbocycles. The molecule has 0 radical (unpaired) electrons. The van der Waals surface area contributed by atoms with E-state index < -0.39 is 0 Å². The van der Waals surface area contributed by atoms with Gasteiger partial charge in [-0.05, 0) is 142 Å². The van der Waals surface area contributed by atoms with Crippen LogP contribution in [0.3, 0.4) is 0 Å². The zero-order valence-corrected chi connectivity index (χ0v) is 36.0. The van der Waals surface area contributed by atoms with Crippen LogP contribution in [0.5, 0.6) is 0 Å². The maximum absolute atomic E-state index is 6.35. The number of rotatable bonds is 7. The van der Waals surface area contributed by atoms with Gasteiger partial charge in [0.05, 0.1) is 0 Å². The van der Waals surface area contributed by atoms with Crippen LogP contribution in [0.4, 0.5) is 17.1 Å². The fourth-order valence-corrected chi connectivity index (χ4v) is 10.2. The molecule has 0 N–H and O–H groups in total. The smallest absolute Gasteiger partial charge is 0.136 e. The van der Waals surface area contributed by atoms with Crippen molar-refractivity contribution in [3.05, 3.63) is 249 Å². The fraction of sp³-hybridized carbons (Fsp3) is 0. The third-order valence-electron chi connectivity index (χ3n) is 13.4. The van der Waals surface area contributed by atoms with E-state index in [1.165, 1.54) is 59.8 Å². The lowest BCUT2D eigenvalue weighted by Crippen LogP contribution is -2.10. The summed E-state index contributed by atoms with van der Waals surface area (Å²) < 4.78 is 6.35. The summed E-state index contributed by atoms with van der Waals surface area (Å²) in [4.78, 5) is 2.40. The highest BCUT2D eigenvalue weighted by Crippen LogP contribution is 2.43. The van der Waals surface area contributed by atoms with Crippen molar-refractivity contribution in [3.63, 3.8) is 0 Å². The molecule has 66 heavy (non-hydrogen) atoms. The molecule has 0 bridgehead atoms. The average molecular weight is 840 g/mol. The Morgan fingerprint density at radius 3 is 1.45 bits per heavy atom. The van der Waals surface area contributed by atoms with Crippen molar-refractivity contribution >= 4 is 82.1 Å². The van der Waals surface area contributed by atoms with Gasteiger partial charge in [-0.1, -0.05) is 194 Å². The van der Waals surface area contributed by atoms with Crippen LogP contribution < -0.4 is 4.90 Å². The average Bonchev–Trinajstić information content (AvgIpc) is 3.78. The van der Waals surface area contributed by atoms with Crippen molar-refractivity contribution in [1.82, 2.24) is 0 Å². The van der Waals surface area contributed by atoms with Gasteiger partial charge in [0.1, 0.15) is 11.2 Å². The molecule has 0 atom stereocenters. The topological polar surface area (TPSA) is 16.4 Å². The number of furan rings is 1. The minimum atomic E-state index is 0.888. The number of hydrogen-bond acceptors (Lipinski definition) is 2. The molecule has 0 saturated heterocycles. The van der Waals surface area contributed by atoms with Crippen LogP contribution in [-0.2, 0) is 0 Å². The van der Waals surface area contributed by atoms with Crippen LogP contribution in [0.15, 0.2) is 253 Å². The predicted octanol–water partition coefficient (Wildman–Crippen LogP) is 18.3. The number of anilines is 3. The molecule has 13 aromatic rings. The summed E-state index contributed by atoms with van der Waals surface area (Å²) in [7, 11) is 0. The summed E-state index contributed by atoms with van der Waals surface area (Å²) in [5.41, 5.74) is 14.4. The van der Waals surface area contributed by atoms with Gasteiger partial charge in [0.2, 0.25) is 0 Å². The molecule has 0 fully saturated rings. The molecule has 2 heteroatoms. The first-order valence-electron chi connectivity index (χ1n) is 22.6. The Morgan fingerprint density at radius 1 is 0.242 bits per heavy atom. The fourth-order valence-electron chi connectivity index (χ4n) is 10.2. The summed E-state index contributed by atoms with van der Waals surface area (Å²) in [6, 6.07) is 90.4. The Morgan fingerprint density at radius 2 is 0.712 bits per heavy atom. The highest BCUT2D eigenvalue weighted by atomic mass is 16.3. The molecule has 308 valence electrons. The van der Waals surface area contributed by atoms with Gasteiger partial charge in [-0.2, -0.15) is 0 Å². The van der Waals surface area contributed by atoms with Crippen LogP contribution in [0.1, 0.15) is 0 Å². The van der Waals surface area contributed by atoms with E-state index in [9.17, 15) is 0 Å². The quantitative estimate of drug-likeness (QED) is 0.149. The Balaban J connectivity index is 0.933. The monoisotopic (exact) mass is 839 g/mol. The van der Waals surface area contributed by atoms with E-state index >= 15 is 0 Å². The van der Waals surface area contributed by atoms with Crippen molar-refractivity contribution in [2.45, 2.75) is 0 Å². The van der Waals surface area contributed by atoms with Crippen molar-refractivity contribution < 1.29 is 4.42 Å². The Labute approximate surface area is 382 Å². The molecular weight excluding hydrogens is 799 g/mol. The van der Waals surface area contributed by atoms with E-state index in [-0.39, 0.29) is 0 Å². The molecule has 0 saturated carbocycles. The number of fused-ring (bicyclic) bond motifs is 9. The summed E-state index contributed by atoms with van der Waals surface area (Å²) in [6.07, 6.45) is 0. The zero-order chi connectivity index (χ0) is 43.6. The molecule has 0 amide bonds. The van der Waals surface area contributed by atoms with Gasteiger partial charge < -0.3 is 9.32 Å². The first kappa shape index (κ1) is 37.8. The summed E-state index contributed by atoms with van der Waals surface area (Å²) in [5.74, 6) is 0. The maximum atomic E-state index is 6.35. The molecule has 2 nitrogen and oxygen atoms in total. The lowest BCUT2D eigenvalue weighted by Gasteiger charge is -2.27. The molecule has 1 heterocycles. The van der Waals surface area contributed by atoms with Gasteiger partial charge in [0.25, 0.3) is 0 Å². The molecule has 12 aromatic carbocycles. The molecule has 0 aliphatic heterocycles. The second-order valence-corrected chi connectivity index (χ2v) is 17.3. The SMILES string of the molecule is c1cc(-c2ccc(-c3cccc4c3ccc3ccccc34)cc2)cc(N(c2cccc(-c3ccc4ccc5ccccc5c4c3)c2)c2cccc(-c3cccc4oc5ccccc5c34)c2)c1. The minimum Gasteiger partial charge on any atom is -0.456 e. The second-order valence-electron chi connectivity index (χ2n) is 17.3. The summed E-state index contributed by atoms with van der Waals surface area (Å²) >= 11 is 0. The predicted molar refractivity (Wildman–Crippen MR) is 280 cm³/mol. The molecular formula is C64H41NO. The molecule has 1 aromatic heterocycles. The maximum Gasteiger partial charge on any atom is 0.136 e. The minimum absolute atomic E-state index is 0.888. The van der Waals surface area contributed by atoms with Gasteiger partial charge in [-0.3, -0.25) is 0 Å². The number of para-hydroxylation sites is 1. The Kier molecular flexibility index (Phi) is 8.89. The Bertz CT molecular complexity index is 4010. The number of hydrogen-bond donors (Lipinski definition) is 0. The highest BCUT2D eigenvalue weighted by Gasteiger charge is 2.18. The Hall–Kier alpha value is -8.72. The third kappa shape index (κ3) is 6.42. The lowest BCUT2D eigenvalue weighted by molar-refractivity contribution is 0.669. The highest BCUT2D eigenvalue weighted by molar-refractivity contribution is 6.14. The van der Waals surface area contributed by atoms with Gasteiger partial charge in [0, 0.05) is 27.8 Å². The van der Waals surface area contributed by atoms with Crippen LogP contribution in [-0.4, -0.2) is 0 Å². The van der Waals surface area contributed by atoms with Crippen molar-refractivity contribution in [1.29, 1.82) is 0 Å². The third-order valence-corrected chi connectivity index (χ3v) is 13.4. The van der Waals surface area contributed by atoms with Gasteiger partial charge in [-0.15, -0.1) is 0 Å². The summed E-state index contributed by atoms with van der Waals surface area (Å²) in [6.45, 7) is 0. The van der Waals surface area contributed by atoms with Gasteiger partial charge in [-0.25, -0.2) is 0 Å². The van der Waals surface area contributed by atoms with E-state index in [2.05, 4.69) is 241 Å². The van der Waals surface area contributed by atoms with E-state index in [0.717, 1.165) is 66.8 Å². The van der Waals surface area contributed by atoms with E-state index in [1.54, 1.807) is 0 Å². The molecule has 0 spiro atoms. The van der Waals surface area contributed by atoms with Crippen LogP contribution in [0.25, 0.3) is 110 Å². The normalized spacial score (nSPS) is 11.6. The molecule has 0 aliphatic rings. The van der Waals surface area contributed by atoms with Crippen molar-refractivity contribution in [3.8, 4) is 44.5 Å².